The van der Waals surface area contributed by atoms with Gasteiger partial charge in [0.15, 0.2) is 0 Å². The lowest BCUT2D eigenvalue weighted by atomic mass is 10.2. The molecule has 0 amide bonds. The Morgan fingerprint density at radius 3 is 2.50 bits per heavy atom. The Balaban J connectivity index is 3.59. The molecule has 1 aromatic rings. The third-order valence-electron chi connectivity index (χ3n) is 1.64. The molecule has 0 saturated carbocycles. The van der Waals surface area contributed by atoms with Gasteiger partial charge in [0.25, 0.3) is 0 Å². The number of rotatable bonds is 3. The van der Waals surface area contributed by atoms with Crippen molar-refractivity contribution in [1.82, 2.24) is 0 Å². The number of furan rings is 1. The molecule has 1 N–H and O–H groups in total. The SMILES string of the molecule is C=C/C=c1/c(C(=O)O)co/c1=C/C=C. The van der Waals surface area contributed by atoms with Crippen molar-refractivity contribution in [3.05, 3.63) is 47.8 Å². The van der Waals surface area contributed by atoms with E-state index in [9.17, 15) is 4.79 Å². The molecule has 0 fully saturated rings. The molecule has 1 aromatic heterocycles. The van der Waals surface area contributed by atoms with Crippen molar-refractivity contribution in [1.29, 1.82) is 0 Å². The lowest BCUT2D eigenvalue weighted by Crippen LogP contribution is -2.24. The molecule has 72 valence electrons. The summed E-state index contributed by atoms with van der Waals surface area (Å²) in [7, 11) is 0. The Bertz CT molecular complexity index is 477. The maximum absolute atomic E-state index is 10.8. The fourth-order valence-electron chi connectivity index (χ4n) is 1.07. The van der Waals surface area contributed by atoms with Crippen LogP contribution in [0.25, 0.3) is 12.2 Å². The second kappa shape index (κ2) is 4.28. The molecule has 0 aromatic carbocycles. The third kappa shape index (κ3) is 1.82. The molecule has 0 bridgehead atoms. The molecule has 0 unspecified atom stereocenters. The second-order valence-corrected chi connectivity index (χ2v) is 2.54. The fourth-order valence-corrected chi connectivity index (χ4v) is 1.07. The first-order valence-corrected chi connectivity index (χ1v) is 3.97. The quantitative estimate of drug-likeness (QED) is 0.770. The molecule has 14 heavy (non-hydrogen) atoms. The third-order valence-corrected chi connectivity index (χ3v) is 1.64. The predicted molar refractivity (Wildman–Crippen MR) is 54.2 cm³/mol. The van der Waals surface area contributed by atoms with Gasteiger partial charge in [-0.25, -0.2) is 4.79 Å². The van der Waals surface area contributed by atoms with Crippen LogP contribution < -0.4 is 10.6 Å². The number of hydrogen-bond donors (Lipinski definition) is 1. The standard InChI is InChI=1S/C11H10O3/c1-3-5-8-9(11(12)13)7-14-10(8)6-4-2/h3-7H,1-2H2,(H,12,13)/b8-5-,10-6+. The Labute approximate surface area is 81.0 Å². The summed E-state index contributed by atoms with van der Waals surface area (Å²) in [6.07, 6.45) is 7.43. The first kappa shape index (κ1) is 10.1. The molecule has 1 heterocycles. The first-order valence-electron chi connectivity index (χ1n) is 3.97. The van der Waals surface area contributed by atoms with Gasteiger partial charge in [-0.05, 0) is 6.08 Å². The van der Waals surface area contributed by atoms with Crippen molar-refractivity contribution in [3.63, 3.8) is 0 Å². The average molecular weight is 190 g/mol. The van der Waals surface area contributed by atoms with Crippen LogP contribution in [-0.4, -0.2) is 11.1 Å². The zero-order chi connectivity index (χ0) is 10.6. The molecule has 0 saturated heterocycles. The molecule has 0 atom stereocenters. The van der Waals surface area contributed by atoms with Crippen molar-refractivity contribution < 1.29 is 14.3 Å². The van der Waals surface area contributed by atoms with Gasteiger partial charge >= 0.3 is 5.97 Å². The van der Waals surface area contributed by atoms with E-state index in [1.165, 1.54) is 18.4 Å². The van der Waals surface area contributed by atoms with E-state index < -0.39 is 5.97 Å². The Morgan fingerprint density at radius 2 is 2.00 bits per heavy atom. The lowest BCUT2D eigenvalue weighted by molar-refractivity contribution is 0.0695. The summed E-state index contributed by atoms with van der Waals surface area (Å²) in [5.41, 5.74) is 0.593. The van der Waals surface area contributed by atoms with Gasteiger partial charge in [-0.2, -0.15) is 0 Å². The van der Waals surface area contributed by atoms with Gasteiger partial charge in [-0.3, -0.25) is 0 Å². The summed E-state index contributed by atoms with van der Waals surface area (Å²) in [5.74, 6) is -1.02. The van der Waals surface area contributed by atoms with Crippen LogP contribution in [0.1, 0.15) is 10.4 Å². The largest absolute Gasteiger partial charge is 0.478 e. The Morgan fingerprint density at radius 1 is 1.36 bits per heavy atom. The highest BCUT2D eigenvalue weighted by molar-refractivity contribution is 5.87. The zero-order valence-electron chi connectivity index (χ0n) is 7.56. The summed E-state index contributed by atoms with van der Waals surface area (Å²) >= 11 is 0. The molecule has 0 aliphatic carbocycles. The first-order chi connectivity index (χ1) is 6.70. The van der Waals surface area contributed by atoms with E-state index in [0.717, 1.165) is 0 Å². The van der Waals surface area contributed by atoms with Crippen LogP contribution in [0.2, 0.25) is 0 Å². The van der Waals surface area contributed by atoms with Gasteiger partial charge in [0.2, 0.25) is 0 Å². The minimum Gasteiger partial charge on any atom is -0.478 e. The van der Waals surface area contributed by atoms with Crippen LogP contribution in [0.3, 0.4) is 0 Å². The maximum atomic E-state index is 10.8. The normalized spacial score (nSPS) is 12.9. The van der Waals surface area contributed by atoms with E-state index in [4.69, 9.17) is 9.52 Å². The van der Waals surface area contributed by atoms with Crippen molar-refractivity contribution in [2.24, 2.45) is 0 Å². The summed E-state index contributed by atoms with van der Waals surface area (Å²) in [6.45, 7) is 7.02. The van der Waals surface area contributed by atoms with Gasteiger partial charge in [0, 0.05) is 5.22 Å². The highest BCUT2D eigenvalue weighted by Gasteiger charge is 2.07. The molecule has 1 rings (SSSR count). The summed E-state index contributed by atoms with van der Waals surface area (Å²) in [5, 5.41) is 9.33. The topological polar surface area (TPSA) is 50.4 Å². The van der Waals surface area contributed by atoms with Crippen LogP contribution in [0.4, 0.5) is 0 Å². The molecule has 0 radical (unpaired) electrons. The van der Waals surface area contributed by atoms with Gasteiger partial charge in [0.05, 0.1) is 0 Å². The molecule has 0 aliphatic rings. The highest BCUT2D eigenvalue weighted by atomic mass is 16.4. The van der Waals surface area contributed by atoms with Crippen molar-refractivity contribution in [3.8, 4) is 0 Å². The van der Waals surface area contributed by atoms with Crippen LogP contribution in [0, 0.1) is 0 Å². The number of allylic oxidation sites excluding steroid dienone is 2. The second-order valence-electron chi connectivity index (χ2n) is 2.54. The number of aromatic carboxylic acids is 1. The van der Waals surface area contributed by atoms with Crippen LogP contribution in [0.15, 0.2) is 36.0 Å². The van der Waals surface area contributed by atoms with E-state index >= 15 is 0 Å². The molecule has 3 heteroatoms. The molecular weight excluding hydrogens is 180 g/mol. The lowest BCUT2D eigenvalue weighted by Gasteiger charge is -1.83. The monoisotopic (exact) mass is 190 g/mol. The molecular formula is C11H10O3. The van der Waals surface area contributed by atoms with Crippen LogP contribution in [-0.2, 0) is 0 Å². The number of carboxylic acids is 1. The van der Waals surface area contributed by atoms with Gasteiger partial charge in [-0.15, -0.1) is 0 Å². The maximum Gasteiger partial charge on any atom is 0.339 e. The van der Waals surface area contributed by atoms with Gasteiger partial charge in [-0.1, -0.05) is 31.4 Å². The zero-order valence-corrected chi connectivity index (χ0v) is 7.56. The minimum absolute atomic E-state index is 0.123. The Kier molecular flexibility index (Phi) is 3.07. The fraction of sp³-hybridized carbons (Fsp3) is 0. The van der Waals surface area contributed by atoms with E-state index in [0.29, 0.717) is 10.6 Å². The molecule has 3 nitrogen and oxygen atoms in total. The van der Waals surface area contributed by atoms with E-state index in [1.807, 2.05) is 0 Å². The average Bonchev–Trinajstić information content (AvgIpc) is 2.50. The van der Waals surface area contributed by atoms with Gasteiger partial charge < -0.3 is 9.52 Å². The number of hydrogen-bond acceptors (Lipinski definition) is 2. The predicted octanol–water partition coefficient (Wildman–Crippen LogP) is 0.911. The molecule has 0 spiro atoms. The number of carboxylic acid groups (broad SMARTS) is 1. The van der Waals surface area contributed by atoms with E-state index in [1.54, 1.807) is 12.2 Å². The van der Waals surface area contributed by atoms with Gasteiger partial charge in [0.1, 0.15) is 17.2 Å². The van der Waals surface area contributed by atoms with Crippen molar-refractivity contribution >= 4 is 18.1 Å². The van der Waals surface area contributed by atoms with Crippen LogP contribution in [0.5, 0.6) is 0 Å². The number of carbonyl (C=O) groups is 1. The summed E-state index contributed by atoms with van der Waals surface area (Å²) in [6, 6.07) is 0. The smallest absolute Gasteiger partial charge is 0.339 e. The van der Waals surface area contributed by atoms with E-state index in [2.05, 4.69) is 13.2 Å². The minimum atomic E-state index is -1.02. The van der Waals surface area contributed by atoms with E-state index in [-0.39, 0.29) is 5.56 Å². The Hall–Kier alpha value is -2.03. The highest BCUT2D eigenvalue weighted by Crippen LogP contribution is 1.89. The van der Waals surface area contributed by atoms with Crippen molar-refractivity contribution in [2.75, 3.05) is 0 Å². The summed E-state index contributed by atoms with van der Waals surface area (Å²) in [4.78, 5) is 10.8. The summed E-state index contributed by atoms with van der Waals surface area (Å²) < 4.78 is 5.06. The van der Waals surface area contributed by atoms with Crippen LogP contribution >= 0.6 is 0 Å². The molecule has 0 aliphatic heterocycles. The van der Waals surface area contributed by atoms with Crippen molar-refractivity contribution in [2.45, 2.75) is 0 Å².